The molecular weight excluding hydrogens is 295 g/mol. The molecular formula is C11H12Cl2N2O4. The van der Waals surface area contributed by atoms with Gasteiger partial charge < -0.3 is 9.47 Å². The Balaban J connectivity index is 3.18. The summed E-state index contributed by atoms with van der Waals surface area (Å²) in [7, 11) is 0. The number of hydrogen-bond acceptors (Lipinski definition) is 6. The molecule has 0 aliphatic heterocycles. The molecule has 1 rings (SSSR count). The number of hydrogen-bond donors (Lipinski definition) is 0. The third-order valence-corrected chi connectivity index (χ3v) is 2.58. The number of halogens is 2. The van der Waals surface area contributed by atoms with E-state index in [1.165, 1.54) is 6.07 Å². The summed E-state index contributed by atoms with van der Waals surface area (Å²) >= 11 is 11.5. The molecule has 0 aromatic carbocycles. The number of rotatable bonds is 5. The zero-order chi connectivity index (χ0) is 14.4. The Morgan fingerprint density at radius 2 is 1.68 bits per heavy atom. The van der Waals surface area contributed by atoms with Gasteiger partial charge in [-0.15, -0.1) is 10.2 Å². The Labute approximate surface area is 120 Å². The van der Waals surface area contributed by atoms with Gasteiger partial charge in [0.25, 0.3) is 0 Å². The van der Waals surface area contributed by atoms with Crippen LogP contribution in [-0.2, 0) is 19.1 Å². The summed E-state index contributed by atoms with van der Waals surface area (Å²) in [4.78, 5) is 23.7. The topological polar surface area (TPSA) is 78.4 Å². The first kappa shape index (κ1) is 15.7. The van der Waals surface area contributed by atoms with E-state index >= 15 is 0 Å². The highest BCUT2D eigenvalue weighted by Crippen LogP contribution is 2.27. The normalized spacial score (nSPS) is 10.4. The number of aromatic nitrogens is 2. The molecule has 104 valence electrons. The summed E-state index contributed by atoms with van der Waals surface area (Å²) in [6.45, 7) is 3.50. The fourth-order valence-electron chi connectivity index (χ4n) is 1.37. The standard InChI is InChI=1S/C11H12Cl2N2O4/c1-3-18-10(16)8(11(17)19-4-2)6-5-7(12)14-15-9(6)13/h5,8H,3-4H2,1-2H3. The van der Waals surface area contributed by atoms with Crippen LogP contribution in [0.25, 0.3) is 0 Å². The van der Waals surface area contributed by atoms with E-state index in [-0.39, 0.29) is 29.1 Å². The quantitative estimate of drug-likeness (QED) is 0.611. The number of carbonyl (C=O) groups is 2. The van der Waals surface area contributed by atoms with Gasteiger partial charge >= 0.3 is 11.9 Å². The molecule has 1 heterocycles. The molecule has 0 fully saturated rings. The Hall–Kier alpha value is -1.40. The van der Waals surface area contributed by atoms with Crippen molar-refractivity contribution in [1.29, 1.82) is 0 Å². The van der Waals surface area contributed by atoms with Crippen LogP contribution in [0.1, 0.15) is 25.3 Å². The van der Waals surface area contributed by atoms with Gasteiger partial charge in [-0.05, 0) is 19.9 Å². The van der Waals surface area contributed by atoms with Crippen molar-refractivity contribution in [2.24, 2.45) is 0 Å². The van der Waals surface area contributed by atoms with E-state index in [9.17, 15) is 9.59 Å². The van der Waals surface area contributed by atoms with E-state index in [0.29, 0.717) is 0 Å². The second kappa shape index (κ2) is 7.25. The van der Waals surface area contributed by atoms with Crippen LogP contribution in [0.4, 0.5) is 0 Å². The lowest BCUT2D eigenvalue weighted by Gasteiger charge is -2.15. The number of nitrogens with zero attached hydrogens (tertiary/aromatic N) is 2. The zero-order valence-corrected chi connectivity index (χ0v) is 11.9. The third-order valence-electron chi connectivity index (χ3n) is 2.10. The van der Waals surface area contributed by atoms with E-state index in [4.69, 9.17) is 32.7 Å². The maximum absolute atomic E-state index is 11.9. The number of ether oxygens (including phenoxy) is 2. The van der Waals surface area contributed by atoms with E-state index < -0.39 is 17.9 Å². The van der Waals surface area contributed by atoms with Crippen LogP contribution in [-0.4, -0.2) is 35.3 Å². The predicted molar refractivity (Wildman–Crippen MR) is 68.1 cm³/mol. The molecule has 0 spiro atoms. The van der Waals surface area contributed by atoms with Crippen LogP contribution in [0, 0.1) is 0 Å². The molecule has 0 saturated heterocycles. The van der Waals surface area contributed by atoms with Crippen LogP contribution in [0.3, 0.4) is 0 Å². The van der Waals surface area contributed by atoms with Gasteiger partial charge in [0.15, 0.2) is 16.2 Å². The highest BCUT2D eigenvalue weighted by atomic mass is 35.5. The number of esters is 2. The molecule has 0 bridgehead atoms. The van der Waals surface area contributed by atoms with Crippen molar-refractivity contribution in [2.75, 3.05) is 13.2 Å². The number of carbonyl (C=O) groups excluding carboxylic acids is 2. The molecule has 0 aliphatic rings. The first-order valence-electron chi connectivity index (χ1n) is 5.53. The summed E-state index contributed by atoms with van der Waals surface area (Å²) < 4.78 is 9.66. The second-order valence-electron chi connectivity index (χ2n) is 3.35. The Kier molecular flexibility index (Phi) is 5.98. The van der Waals surface area contributed by atoms with E-state index in [2.05, 4.69) is 10.2 Å². The summed E-state index contributed by atoms with van der Waals surface area (Å²) in [5.41, 5.74) is 0.110. The minimum absolute atomic E-state index is 0.0120. The second-order valence-corrected chi connectivity index (χ2v) is 4.10. The molecule has 19 heavy (non-hydrogen) atoms. The lowest BCUT2D eigenvalue weighted by atomic mass is 10.0. The van der Waals surface area contributed by atoms with E-state index in [1.54, 1.807) is 13.8 Å². The van der Waals surface area contributed by atoms with Crippen molar-refractivity contribution in [3.63, 3.8) is 0 Å². The smallest absolute Gasteiger partial charge is 0.325 e. The molecule has 8 heteroatoms. The lowest BCUT2D eigenvalue weighted by molar-refractivity contribution is -0.156. The Morgan fingerprint density at radius 1 is 1.16 bits per heavy atom. The van der Waals surface area contributed by atoms with Gasteiger partial charge in [0.2, 0.25) is 0 Å². The van der Waals surface area contributed by atoms with Crippen molar-refractivity contribution in [3.05, 3.63) is 21.9 Å². The van der Waals surface area contributed by atoms with Gasteiger partial charge in [-0.3, -0.25) is 9.59 Å². The van der Waals surface area contributed by atoms with E-state index in [0.717, 1.165) is 0 Å². The Bertz CT molecular complexity index is 464. The van der Waals surface area contributed by atoms with Crippen molar-refractivity contribution in [2.45, 2.75) is 19.8 Å². The van der Waals surface area contributed by atoms with Crippen LogP contribution in [0.15, 0.2) is 6.07 Å². The molecule has 0 unspecified atom stereocenters. The van der Waals surface area contributed by atoms with Gasteiger partial charge in [-0.25, -0.2) is 0 Å². The van der Waals surface area contributed by atoms with Crippen molar-refractivity contribution in [1.82, 2.24) is 10.2 Å². The van der Waals surface area contributed by atoms with Crippen molar-refractivity contribution < 1.29 is 19.1 Å². The van der Waals surface area contributed by atoms with Gasteiger partial charge in [-0.1, -0.05) is 23.2 Å². The third kappa shape index (κ3) is 4.04. The highest BCUT2D eigenvalue weighted by molar-refractivity contribution is 6.32. The minimum atomic E-state index is -1.32. The molecule has 0 amide bonds. The molecule has 0 aliphatic carbocycles. The van der Waals surface area contributed by atoms with Gasteiger partial charge in [0.05, 0.1) is 13.2 Å². The summed E-state index contributed by atoms with van der Waals surface area (Å²) in [6, 6.07) is 1.29. The van der Waals surface area contributed by atoms with Crippen LogP contribution >= 0.6 is 23.2 Å². The summed E-state index contributed by atoms with van der Waals surface area (Å²) in [6.07, 6.45) is 0. The van der Waals surface area contributed by atoms with Gasteiger partial charge in [0, 0.05) is 5.56 Å². The molecule has 0 saturated carbocycles. The SMILES string of the molecule is CCOC(=O)C(C(=O)OCC)c1cc(Cl)nnc1Cl. The summed E-state index contributed by atoms with van der Waals surface area (Å²) in [5.74, 6) is -2.86. The average molecular weight is 307 g/mol. The lowest BCUT2D eigenvalue weighted by Crippen LogP contribution is -2.26. The highest BCUT2D eigenvalue weighted by Gasteiger charge is 2.34. The maximum Gasteiger partial charge on any atom is 0.325 e. The Morgan fingerprint density at radius 3 is 2.16 bits per heavy atom. The first-order valence-corrected chi connectivity index (χ1v) is 6.28. The molecule has 1 aromatic rings. The summed E-state index contributed by atoms with van der Waals surface area (Å²) in [5, 5.41) is 6.97. The fraction of sp³-hybridized carbons (Fsp3) is 0.455. The fourth-order valence-corrected chi connectivity index (χ4v) is 1.73. The maximum atomic E-state index is 11.9. The first-order chi connectivity index (χ1) is 9.01. The van der Waals surface area contributed by atoms with Crippen LogP contribution in [0.2, 0.25) is 10.3 Å². The van der Waals surface area contributed by atoms with Crippen LogP contribution < -0.4 is 0 Å². The van der Waals surface area contributed by atoms with Crippen LogP contribution in [0.5, 0.6) is 0 Å². The van der Waals surface area contributed by atoms with Gasteiger partial charge in [-0.2, -0.15) is 0 Å². The monoisotopic (exact) mass is 306 g/mol. The van der Waals surface area contributed by atoms with E-state index in [1.807, 2.05) is 0 Å². The predicted octanol–water partition coefficient (Wildman–Crippen LogP) is 1.99. The molecule has 1 aromatic heterocycles. The molecule has 0 radical (unpaired) electrons. The molecule has 0 atom stereocenters. The average Bonchev–Trinajstić information content (AvgIpc) is 2.34. The molecule has 6 nitrogen and oxygen atoms in total. The molecule has 0 N–H and O–H groups in total. The zero-order valence-electron chi connectivity index (χ0n) is 10.4. The largest absolute Gasteiger partial charge is 0.465 e. The van der Waals surface area contributed by atoms with Crippen molar-refractivity contribution in [3.8, 4) is 0 Å². The van der Waals surface area contributed by atoms with Crippen molar-refractivity contribution >= 4 is 35.1 Å². The minimum Gasteiger partial charge on any atom is -0.465 e. The van der Waals surface area contributed by atoms with Gasteiger partial charge in [0.1, 0.15) is 0 Å².